The van der Waals surface area contributed by atoms with Crippen molar-refractivity contribution in [1.29, 1.82) is 0 Å². The van der Waals surface area contributed by atoms with Gasteiger partial charge in [-0.1, -0.05) is 17.4 Å². The monoisotopic (exact) mass is 274 g/mol. The van der Waals surface area contributed by atoms with Crippen molar-refractivity contribution in [2.75, 3.05) is 13.2 Å². The van der Waals surface area contributed by atoms with Crippen LogP contribution in [0.4, 0.5) is 0 Å². The SMILES string of the molecule is c1cc2c(cc1Cc1nn3cnnc3s1)OCCO2. The predicted molar refractivity (Wildman–Crippen MR) is 68.9 cm³/mol. The largest absolute Gasteiger partial charge is 0.486 e. The highest BCUT2D eigenvalue weighted by Crippen LogP contribution is 2.31. The van der Waals surface area contributed by atoms with Crippen LogP contribution in [0.5, 0.6) is 11.5 Å². The third-order valence-electron chi connectivity index (χ3n) is 2.89. The Bertz CT molecular complexity index is 708. The summed E-state index contributed by atoms with van der Waals surface area (Å²) >= 11 is 1.54. The first kappa shape index (κ1) is 10.7. The Morgan fingerprint density at radius 2 is 2.11 bits per heavy atom. The summed E-state index contributed by atoms with van der Waals surface area (Å²) in [6.45, 7) is 1.22. The highest BCUT2D eigenvalue weighted by molar-refractivity contribution is 7.16. The van der Waals surface area contributed by atoms with Gasteiger partial charge < -0.3 is 9.47 Å². The second-order valence-corrected chi connectivity index (χ2v) is 5.25. The van der Waals surface area contributed by atoms with E-state index in [1.54, 1.807) is 22.2 Å². The first-order valence-electron chi connectivity index (χ1n) is 5.93. The van der Waals surface area contributed by atoms with Crippen LogP contribution >= 0.6 is 11.3 Å². The molecule has 0 atom stereocenters. The predicted octanol–water partition coefficient (Wildman–Crippen LogP) is 1.55. The third-order valence-corrected chi connectivity index (χ3v) is 3.80. The Kier molecular flexibility index (Phi) is 2.37. The molecule has 0 aliphatic carbocycles. The zero-order valence-corrected chi connectivity index (χ0v) is 10.8. The topological polar surface area (TPSA) is 61.5 Å². The quantitative estimate of drug-likeness (QED) is 0.709. The molecule has 3 heterocycles. The van der Waals surface area contributed by atoms with Crippen LogP contribution in [0.2, 0.25) is 0 Å². The van der Waals surface area contributed by atoms with Crippen molar-refractivity contribution < 1.29 is 9.47 Å². The first-order valence-corrected chi connectivity index (χ1v) is 6.74. The summed E-state index contributed by atoms with van der Waals surface area (Å²) < 4.78 is 12.8. The van der Waals surface area contributed by atoms with Gasteiger partial charge in [-0.25, -0.2) is 0 Å². The molecule has 96 valence electrons. The van der Waals surface area contributed by atoms with Crippen LogP contribution in [0.25, 0.3) is 4.96 Å². The Morgan fingerprint density at radius 3 is 3.00 bits per heavy atom. The molecule has 6 nitrogen and oxygen atoms in total. The number of fused-ring (bicyclic) bond motifs is 2. The van der Waals surface area contributed by atoms with E-state index >= 15 is 0 Å². The molecule has 0 saturated heterocycles. The molecular formula is C12H10N4O2S. The highest BCUT2D eigenvalue weighted by atomic mass is 32.1. The number of nitrogens with zero attached hydrogens (tertiary/aromatic N) is 4. The lowest BCUT2D eigenvalue weighted by Crippen LogP contribution is -2.15. The Morgan fingerprint density at radius 1 is 1.21 bits per heavy atom. The fourth-order valence-electron chi connectivity index (χ4n) is 2.04. The van der Waals surface area contributed by atoms with Gasteiger partial charge in [0.1, 0.15) is 24.5 Å². The summed E-state index contributed by atoms with van der Waals surface area (Å²) in [6.07, 6.45) is 2.36. The van der Waals surface area contributed by atoms with Crippen molar-refractivity contribution in [2.45, 2.75) is 6.42 Å². The molecule has 3 aromatic rings. The zero-order valence-electron chi connectivity index (χ0n) is 9.94. The number of aromatic nitrogens is 4. The number of rotatable bonds is 2. The maximum atomic E-state index is 5.58. The van der Waals surface area contributed by atoms with Crippen molar-refractivity contribution in [3.63, 3.8) is 0 Å². The van der Waals surface area contributed by atoms with E-state index in [9.17, 15) is 0 Å². The second kappa shape index (κ2) is 4.20. The van der Waals surface area contributed by atoms with Crippen molar-refractivity contribution >= 4 is 16.3 Å². The van der Waals surface area contributed by atoms with Crippen LogP contribution in [-0.2, 0) is 6.42 Å². The van der Waals surface area contributed by atoms with E-state index in [0.717, 1.165) is 33.5 Å². The average Bonchev–Trinajstić information content (AvgIpc) is 2.99. The lowest BCUT2D eigenvalue weighted by atomic mass is 10.1. The molecule has 1 aliphatic rings. The minimum absolute atomic E-state index is 0.604. The Hall–Kier alpha value is -2.15. The third kappa shape index (κ3) is 1.91. The van der Waals surface area contributed by atoms with Crippen LogP contribution < -0.4 is 9.47 Å². The zero-order chi connectivity index (χ0) is 12.7. The minimum Gasteiger partial charge on any atom is -0.486 e. The first-order chi connectivity index (χ1) is 9.38. The van der Waals surface area contributed by atoms with Crippen LogP contribution in [0.15, 0.2) is 24.5 Å². The minimum atomic E-state index is 0.604. The van der Waals surface area contributed by atoms with Gasteiger partial charge in [-0.15, -0.1) is 10.2 Å². The molecule has 7 heteroatoms. The van der Waals surface area contributed by atoms with E-state index < -0.39 is 0 Å². The van der Waals surface area contributed by atoms with Gasteiger partial charge in [-0.3, -0.25) is 0 Å². The van der Waals surface area contributed by atoms with Gasteiger partial charge >= 0.3 is 0 Å². The molecule has 0 spiro atoms. The van der Waals surface area contributed by atoms with Crippen LogP contribution in [0, 0.1) is 0 Å². The molecule has 0 bridgehead atoms. The van der Waals surface area contributed by atoms with Gasteiger partial charge in [-0.05, 0) is 17.7 Å². The van der Waals surface area contributed by atoms with Crippen LogP contribution in [0.3, 0.4) is 0 Å². The van der Waals surface area contributed by atoms with Gasteiger partial charge in [0.05, 0.1) is 0 Å². The van der Waals surface area contributed by atoms with Gasteiger partial charge in [0, 0.05) is 6.42 Å². The van der Waals surface area contributed by atoms with Crippen molar-refractivity contribution in [2.24, 2.45) is 0 Å². The molecule has 2 aromatic heterocycles. The lowest BCUT2D eigenvalue weighted by Gasteiger charge is -2.18. The summed E-state index contributed by atoms with van der Waals surface area (Å²) in [5.41, 5.74) is 1.15. The number of benzene rings is 1. The number of ether oxygens (including phenoxy) is 2. The van der Waals surface area contributed by atoms with E-state index in [4.69, 9.17) is 9.47 Å². The van der Waals surface area contributed by atoms with Gasteiger partial charge in [0.2, 0.25) is 4.96 Å². The molecule has 1 aromatic carbocycles. The molecule has 0 radical (unpaired) electrons. The molecule has 4 rings (SSSR count). The van der Waals surface area contributed by atoms with E-state index in [0.29, 0.717) is 13.2 Å². The Labute approximate surface area is 112 Å². The van der Waals surface area contributed by atoms with Crippen molar-refractivity contribution in [3.8, 4) is 11.5 Å². The summed E-state index contributed by atoms with van der Waals surface area (Å²) in [6, 6.07) is 6.00. The van der Waals surface area contributed by atoms with Gasteiger partial charge in [-0.2, -0.15) is 9.61 Å². The molecular weight excluding hydrogens is 264 g/mol. The molecule has 0 saturated carbocycles. The van der Waals surface area contributed by atoms with Crippen molar-refractivity contribution in [3.05, 3.63) is 35.1 Å². The fraction of sp³-hybridized carbons (Fsp3) is 0.250. The normalized spacial score (nSPS) is 13.9. The molecule has 0 unspecified atom stereocenters. The summed E-state index contributed by atoms with van der Waals surface area (Å²) in [4.78, 5) is 0.813. The van der Waals surface area contributed by atoms with Crippen molar-refractivity contribution in [1.82, 2.24) is 19.8 Å². The summed E-state index contributed by atoms with van der Waals surface area (Å²) in [7, 11) is 0. The fourth-order valence-corrected chi connectivity index (χ4v) is 2.89. The average molecular weight is 274 g/mol. The standard InChI is InChI=1S/C12H10N4O2S/c1-2-9-10(18-4-3-17-9)5-8(1)6-11-15-16-7-13-14-12(16)19-11/h1-2,5,7H,3-4,6H2. The lowest BCUT2D eigenvalue weighted by molar-refractivity contribution is 0.171. The molecule has 19 heavy (non-hydrogen) atoms. The number of hydrogen-bond acceptors (Lipinski definition) is 6. The molecule has 0 fully saturated rings. The molecule has 0 N–H and O–H groups in total. The number of hydrogen-bond donors (Lipinski definition) is 0. The van der Waals surface area contributed by atoms with E-state index in [1.807, 2.05) is 18.2 Å². The van der Waals surface area contributed by atoms with Crippen LogP contribution in [-0.4, -0.2) is 33.0 Å². The van der Waals surface area contributed by atoms with E-state index in [1.165, 1.54) is 0 Å². The molecule has 0 amide bonds. The second-order valence-electron chi connectivity index (χ2n) is 4.21. The van der Waals surface area contributed by atoms with Gasteiger partial charge in [0.15, 0.2) is 11.5 Å². The molecule has 1 aliphatic heterocycles. The summed E-state index contributed by atoms with van der Waals surface area (Å²) in [5, 5.41) is 13.2. The summed E-state index contributed by atoms with van der Waals surface area (Å²) in [5.74, 6) is 1.62. The van der Waals surface area contributed by atoms with Crippen LogP contribution in [0.1, 0.15) is 10.6 Å². The maximum absolute atomic E-state index is 5.58. The van der Waals surface area contributed by atoms with Gasteiger partial charge in [0.25, 0.3) is 0 Å². The Balaban J connectivity index is 1.64. The smallest absolute Gasteiger partial charge is 0.234 e. The van der Waals surface area contributed by atoms with E-state index in [-0.39, 0.29) is 0 Å². The van der Waals surface area contributed by atoms with E-state index in [2.05, 4.69) is 15.3 Å². The highest BCUT2D eigenvalue weighted by Gasteiger charge is 2.13. The maximum Gasteiger partial charge on any atom is 0.234 e.